The summed E-state index contributed by atoms with van der Waals surface area (Å²) < 4.78 is 0. The number of hydrogen-bond acceptors (Lipinski definition) is 8. The molecule has 2 saturated carbocycles. The molecule has 2 rings (SSSR count). The van der Waals surface area contributed by atoms with E-state index >= 15 is 0 Å². The zero-order chi connectivity index (χ0) is 27.1. The van der Waals surface area contributed by atoms with E-state index in [0.717, 1.165) is 64.2 Å². The first-order chi connectivity index (χ1) is 16.4. The molecular weight excluding hydrogens is 456 g/mol. The van der Waals surface area contributed by atoms with Crippen molar-refractivity contribution in [2.45, 2.75) is 180 Å². The highest BCUT2D eigenvalue weighted by molar-refractivity contribution is 4.84. The third-order valence-corrected chi connectivity index (χ3v) is 6.51. The summed E-state index contributed by atoms with van der Waals surface area (Å²) in [6.07, 6.45) is 11.4. The molecule has 0 unspecified atom stereocenters. The highest BCUT2D eigenvalue weighted by atomic mass is 17.2. The minimum Gasteiger partial charge on any atom is -0.228 e. The second-order valence-electron chi connectivity index (χ2n) is 14.1. The Morgan fingerprint density at radius 2 is 0.806 bits per heavy atom. The molecule has 0 heterocycles. The minimum absolute atomic E-state index is 0.243. The summed E-state index contributed by atoms with van der Waals surface area (Å²) in [6, 6.07) is 0. The quantitative estimate of drug-likeness (QED) is 0.158. The van der Waals surface area contributed by atoms with Gasteiger partial charge in [0.2, 0.25) is 11.4 Å². The van der Waals surface area contributed by atoms with Crippen LogP contribution in [0.1, 0.15) is 146 Å². The molecule has 2 aliphatic carbocycles. The van der Waals surface area contributed by atoms with Crippen LogP contribution in [-0.4, -0.2) is 33.7 Å². The van der Waals surface area contributed by atoms with E-state index < -0.39 is 22.7 Å². The maximum atomic E-state index is 6.07. The highest BCUT2D eigenvalue weighted by Gasteiger charge is 2.40. The molecule has 0 aromatic rings. The lowest BCUT2D eigenvalue weighted by molar-refractivity contribution is -0.424. The maximum Gasteiger partial charge on any atom is 0.212 e. The lowest BCUT2D eigenvalue weighted by Crippen LogP contribution is -2.40. The van der Waals surface area contributed by atoms with Gasteiger partial charge in [-0.1, -0.05) is 12.8 Å². The SMILES string of the molecule is CC(C)(C)N=NC1(OOC(C)(C)CCC(C)(C)OOC2(N=NC(C)(C)C)CCCCC2)CCCCC1. The van der Waals surface area contributed by atoms with Crippen molar-refractivity contribution in [1.82, 2.24) is 0 Å². The van der Waals surface area contributed by atoms with E-state index in [9.17, 15) is 0 Å². The van der Waals surface area contributed by atoms with E-state index in [1.54, 1.807) is 0 Å². The van der Waals surface area contributed by atoms with Crippen molar-refractivity contribution < 1.29 is 19.6 Å². The van der Waals surface area contributed by atoms with E-state index in [4.69, 9.17) is 19.6 Å². The average Bonchev–Trinajstić information content (AvgIpc) is 2.79. The largest absolute Gasteiger partial charge is 0.228 e. The van der Waals surface area contributed by atoms with Crippen LogP contribution in [0, 0.1) is 0 Å². The van der Waals surface area contributed by atoms with Crippen molar-refractivity contribution in [3.05, 3.63) is 0 Å². The van der Waals surface area contributed by atoms with Crippen LogP contribution in [0.3, 0.4) is 0 Å². The molecule has 0 saturated heterocycles. The molecule has 0 aliphatic heterocycles. The van der Waals surface area contributed by atoms with E-state index in [2.05, 4.69) is 20.5 Å². The number of azo groups is 2. The fraction of sp³-hybridized carbons (Fsp3) is 1.00. The summed E-state index contributed by atoms with van der Waals surface area (Å²) in [5.74, 6) is 0. The maximum absolute atomic E-state index is 6.07. The molecule has 0 aromatic heterocycles. The molecule has 2 aliphatic rings. The lowest BCUT2D eigenvalue weighted by atomic mass is 9.92. The molecule has 0 aromatic carbocycles. The van der Waals surface area contributed by atoms with E-state index in [0.29, 0.717) is 0 Å². The van der Waals surface area contributed by atoms with E-state index in [1.165, 1.54) is 12.8 Å². The normalized spacial score (nSPS) is 21.9. The van der Waals surface area contributed by atoms with Gasteiger partial charge in [0, 0.05) is 25.7 Å². The Labute approximate surface area is 220 Å². The van der Waals surface area contributed by atoms with Crippen molar-refractivity contribution in [1.29, 1.82) is 0 Å². The third-order valence-electron chi connectivity index (χ3n) is 6.51. The molecule has 0 bridgehead atoms. The third kappa shape index (κ3) is 11.6. The van der Waals surface area contributed by atoms with Crippen molar-refractivity contribution in [2.75, 3.05) is 0 Å². The van der Waals surface area contributed by atoms with Crippen LogP contribution in [0.5, 0.6) is 0 Å². The van der Waals surface area contributed by atoms with Gasteiger partial charge in [-0.05, 0) is 108 Å². The Balaban J connectivity index is 1.95. The van der Waals surface area contributed by atoms with Crippen LogP contribution in [0.15, 0.2) is 20.5 Å². The first kappa shape index (κ1) is 31.3. The molecule has 0 radical (unpaired) electrons. The van der Waals surface area contributed by atoms with Crippen LogP contribution >= 0.6 is 0 Å². The Morgan fingerprint density at radius 1 is 0.500 bits per heavy atom. The standard InChI is InChI=1S/C28H54N4O4/c1-23(2,3)29-31-27(17-13-11-14-18-27)35-33-25(7,8)21-22-26(9,10)34-36-28(19-15-12-16-20-28)32-30-24(4,5)6/h11-22H2,1-10H3. The van der Waals surface area contributed by atoms with E-state index in [-0.39, 0.29) is 11.1 Å². The van der Waals surface area contributed by atoms with Crippen LogP contribution in [0.25, 0.3) is 0 Å². The Kier molecular flexibility index (Phi) is 10.7. The van der Waals surface area contributed by atoms with Gasteiger partial charge in [0.1, 0.15) is 0 Å². The first-order valence-electron chi connectivity index (χ1n) is 14.1. The first-order valence-corrected chi connectivity index (χ1v) is 14.1. The van der Waals surface area contributed by atoms with Gasteiger partial charge in [-0.3, -0.25) is 0 Å². The zero-order valence-electron chi connectivity index (χ0n) is 24.9. The fourth-order valence-corrected chi connectivity index (χ4v) is 4.16. The van der Waals surface area contributed by atoms with Crippen molar-refractivity contribution in [2.24, 2.45) is 20.5 Å². The molecule has 8 nitrogen and oxygen atoms in total. The summed E-state index contributed by atoms with van der Waals surface area (Å²) >= 11 is 0. The lowest BCUT2D eigenvalue weighted by Gasteiger charge is -2.37. The number of hydrogen-bond donors (Lipinski definition) is 0. The van der Waals surface area contributed by atoms with Gasteiger partial charge in [0.25, 0.3) is 0 Å². The van der Waals surface area contributed by atoms with Crippen LogP contribution in [0.4, 0.5) is 0 Å². The van der Waals surface area contributed by atoms with Crippen LogP contribution < -0.4 is 0 Å². The molecule has 8 heteroatoms. The molecule has 36 heavy (non-hydrogen) atoms. The molecule has 210 valence electrons. The number of rotatable bonds is 11. The second kappa shape index (κ2) is 12.3. The Morgan fingerprint density at radius 3 is 1.08 bits per heavy atom. The topological polar surface area (TPSA) is 86.4 Å². The van der Waals surface area contributed by atoms with Gasteiger partial charge < -0.3 is 0 Å². The highest BCUT2D eigenvalue weighted by Crippen LogP contribution is 2.38. The fourth-order valence-electron chi connectivity index (χ4n) is 4.16. The summed E-state index contributed by atoms with van der Waals surface area (Å²) in [7, 11) is 0. The molecule has 0 atom stereocenters. The van der Waals surface area contributed by atoms with Gasteiger partial charge in [-0.15, -0.1) is 0 Å². The van der Waals surface area contributed by atoms with Crippen molar-refractivity contribution in [3.8, 4) is 0 Å². The molecule has 0 N–H and O–H groups in total. The monoisotopic (exact) mass is 510 g/mol. The summed E-state index contributed by atoms with van der Waals surface area (Å²) in [4.78, 5) is 24.2. The average molecular weight is 511 g/mol. The smallest absolute Gasteiger partial charge is 0.212 e. The second-order valence-corrected chi connectivity index (χ2v) is 14.1. The predicted molar refractivity (Wildman–Crippen MR) is 143 cm³/mol. The Hall–Kier alpha value is -0.960. The molecule has 0 amide bonds. The minimum atomic E-state index is -0.691. The van der Waals surface area contributed by atoms with Gasteiger partial charge >= 0.3 is 0 Å². The van der Waals surface area contributed by atoms with Gasteiger partial charge in [-0.2, -0.15) is 20.5 Å². The van der Waals surface area contributed by atoms with Gasteiger partial charge in [0.15, 0.2) is 0 Å². The number of nitrogens with zero attached hydrogens (tertiary/aromatic N) is 4. The van der Waals surface area contributed by atoms with Gasteiger partial charge in [-0.25, -0.2) is 19.6 Å². The summed E-state index contributed by atoms with van der Waals surface area (Å²) in [6.45, 7) is 20.4. The summed E-state index contributed by atoms with van der Waals surface area (Å²) in [5, 5.41) is 18.3. The van der Waals surface area contributed by atoms with Crippen molar-refractivity contribution in [3.63, 3.8) is 0 Å². The summed E-state index contributed by atoms with van der Waals surface area (Å²) in [5.41, 5.74) is -2.90. The van der Waals surface area contributed by atoms with Gasteiger partial charge in [0.05, 0.1) is 22.3 Å². The predicted octanol–water partition coefficient (Wildman–Crippen LogP) is 9.04. The molecule has 0 spiro atoms. The van der Waals surface area contributed by atoms with Crippen molar-refractivity contribution >= 4 is 0 Å². The van der Waals surface area contributed by atoms with Crippen LogP contribution in [-0.2, 0) is 19.6 Å². The van der Waals surface area contributed by atoms with Crippen LogP contribution in [0.2, 0.25) is 0 Å². The Bertz CT molecular complexity index is 661. The van der Waals surface area contributed by atoms with E-state index in [1.807, 2.05) is 69.2 Å². The molecular formula is C28H54N4O4. The zero-order valence-corrected chi connectivity index (χ0v) is 24.9. The molecule has 2 fully saturated rings.